The molecule has 1 N–H and O–H groups in total. The lowest BCUT2D eigenvalue weighted by Gasteiger charge is -2.33. The van der Waals surface area contributed by atoms with Crippen LogP contribution >= 0.6 is 11.8 Å². The highest BCUT2D eigenvalue weighted by Gasteiger charge is 2.31. The fourth-order valence-corrected chi connectivity index (χ4v) is 3.22. The molecule has 1 aliphatic rings. The molecule has 1 aromatic carbocycles. The zero-order valence-electron chi connectivity index (χ0n) is 11.3. The first kappa shape index (κ1) is 13.9. The smallest absolute Gasteiger partial charge is 0.261 e. The third kappa shape index (κ3) is 3.33. The summed E-state index contributed by atoms with van der Waals surface area (Å²) in [4.78, 5) is 14.2. The van der Waals surface area contributed by atoms with E-state index in [4.69, 9.17) is 4.74 Å². The molecule has 110 valence electrons. The normalized spacial score (nSPS) is 18.5. The molecular formula is C13H15N5O2S. The van der Waals surface area contributed by atoms with Crippen molar-refractivity contribution in [3.05, 3.63) is 36.2 Å². The van der Waals surface area contributed by atoms with Gasteiger partial charge in [0.1, 0.15) is 11.8 Å². The van der Waals surface area contributed by atoms with Crippen LogP contribution < -0.4 is 4.74 Å². The number of hydrogen-bond acceptors (Lipinski definition) is 6. The number of H-pyrrole nitrogens is 1. The van der Waals surface area contributed by atoms with Crippen LogP contribution in [0.25, 0.3) is 0 Å². The summed E-state index contributed by atoms with van der Waals surface area (Å²) < 4.78 is 5.52. The molecule has 0 saturated carbocycles. The van der Waals surface area contributed by atoms with Crippen molar-refractivity contribution in [1.82, 2.24) is 25.5 Å². The summed E-state index contributed by atoms with van der Waals surface area (Å²) >= 11 is 1.78. The monoisotopic (exact) mass is 305 g/mol. The van der Waals surface area contributed by atoms with E-state index < -0.39 is 0 Å². The number of hydrogen-bond donors (Lipinski definition) is 1. The Morgan fingerprint density at radius 1 is 1.43 bits per heavy atom. The molecule has 1 saturated heterocycles. The largest absolute Gasteiger partial charge is 0.484 e. The van der Waals surface area contributed by atoms with E-state index in [0.29, 0.717) is 18.1 Å². The van der Waals surface area contributed by atoms with Crippen molar-refractivity contribution in [2.24, 2.45) is 0 Å². The van der Waals surface area contributed by atoms with Gasteiger partial charge in [-0.3, -0.25) is 4.79 Å². The number of aromatic amines is 1. The Hall–Kier alpha value is -2.09. The van der Waals surface area contributed by atoms with Gasteiger partial charge in [0.05, 0.1) is 0 Å². The van der Waals surface area contributed by atoms with Gasteiger partial charge in [0, 0.05) is 18.1 Å². The molecule has 7 nitrogen and oxygen atoms in total. The van der Waals surface area contributed by atoms with Crippen molar-refractivity contribution in [2.75, 3.05) is 24.7 Å². The molecular weight excluding hydrogens is 290 g/mol. The summed E-state index contributed by atoms with van der Waals surface area (Å²) in [5, 5.41) is 14.0. The highest BCUT2D eigenvalue weighted by molar-refractivity contribution is 7.99. The summed E-state index contributed by atoms with van der Waals surface area (Å²) in [6.45, 7) is 0.684. The van der Waals surface area contributed by atoms with Crippen LogP contribution in [0.4, 0.5) is 0 Å². The number of nitrogens with zero attached hydrogens (tertiary/aromatic N) is 4. The number of para-hydroxylation sites is 1. The molecule has 3 rings (SSSR count). The van der Waals surface area contributed by atoms with Crippen molar-refractivity contribution in [3.8, 4) is 5.75 Å². The summed E-state index contributed by atoms with van der Waals surface area (Å²) in [5.41, 5.74) is 0. The maximum atomic E-state index is 12.4. The molecule has 21 heavy (non-hydrogen) atoms. The predicted octanol–water partition coefficient (Wildman–Crippen LogP) is 0.895. The Balaban J connectivity index is 1.64. The van der Waals surface area contributed by atoms with E-state index in [1.54, 1.807) is 16.7 Å². The number of carbonyl (C=O) groups is 1. The van der Waals surface area contributed by atoms with Crippen molar-refractivity contribution < 1.29 is 9.53 Å². The maximum Gasteiger partial charge on any atom is 0.261 e. The van der Waals surface area contributed by atoms with Gasteiger partial charge < -0.3 is 9.64 Å². The number of rotatable bonds is 4. The Kier molecular flexibility index (Phi) is 4.34. The van der Waals surface area contributed by atoms with Crippen molar-refractivity contribution >= 4 is 17.7 Å². The van der Waals surface area contributed by atoms with Gasteiger partial charge in [-0.1, -0.05) is 23.4 Å². The second-order valence-electron chi connectivity index (χ2n) is 4.55. The molecule has 1 fully saturated rings. The molecule has 1 atom stereocenters. The van der Waals surface area contributed by atoms with Crippen LogP contribution in [0.5, 0.6) is 5.75 Å². The minimum atomic E-state index is -0.144. The van der Waals surface area contributed by atoms with Gasteiger partial charge in [-0.05, 0) is 12.1 Å². The van der Waals surface area contributed by atoms with E-state index in [9.17, 15) is 4.79 Å². The van der Waals surface area contributed by atoms with E-state index in [1.165, 1.54) is 0 Å². The molecule has 1 aliphatic heterocycles. The fraction of sp³-hybridized carbons (Fsp3) is 0.385. The molecule has 1 amide bonds. The zero-order valence-corrected chi connectivity index (χ0v) is 12.1. The molecule has 0 spiro atoms. The first-order chi connectivity index (χ1) is 10.3. The van der Waals surface area contributed by atoms with Gasteiger partial charge in [-0.25, -0.2) is 0 Å². The lowest BCUT2D eigenvalue weighted by Crippen LogP contribution is -2.43. The lowest BCUT2D eigenvalue weighted by molar-refractivity contribution is -0.135. The topological polar surface area (TPSA) is 84.0 Å². The van der Waals surface area contributed by atoms with Crippen LogP contribution in [-0.2, 0) is 4.79 Å². The maximum absolute atomic E-state index is 12.4. The molecule has 0 aliphatic carbocycles. The highest BCUT2D eigenvalue weighted by atomic mass is 32.2. The molecule has 1 unspecified atom stereocenters. The van der Waals surface area contributed by atoms with Crippen LogP contribution in [0.2, 0.25) is 0 Å². The third-order valence-electron chi connectivity index (χ3n) is 3.21. The molecule has 1 aromatic heterocycles. The number of benzene rings is 1. The van der Waals surface area contributed by atoms with Crippen LogP contribution in [0.15, 0.2) is 30.3 Å². The van der Waals surface area contributed by atoms with Gasteiger partial charge in [-0.2, -0.15) is 17.0 Å². The first-order valence-corrected chi connectivity index (χ1v) is 7.78. The summed E-state index contributed by atoms with van der Waals surface area (Å²) in [5.74, 6) is 2.86. The average molecular weight is 305 g/mol. The first-order valence-electron chi connectivity index (χ1n) is 6.63. The number of nitrogens with one attached hydrogen (secondary N) is 1. The van der Waals surface area contributed by atoms with Crippen molar-refractivity contribution in [3.63, 3.8) is 0 Å². The number of carbonyl (C=O) groups excluding carboxylic acids is 1. The summed E-state index contributed by atoms with van der Waals surface area (Å²) in [7, 11) is 0. The Bertz CT molecular complexity index is 578. The van der Waals surface area contributed by atoms with Gasteiger partial charge >= 0.3 is 0 Å². The minimum absolute atomic E-state index is 0.0169. The Morgan fingerprint density at radius 3 is 3.05 bits per heavy atom. The van der Waals surface area contributed by atoms with Crippen molar-refractivity contribution in [1.29, 1.82) is 0 Å². The number of amides is 1. The quantitative estimate of drug-likeness (QED) is 0.903. The van der Waals surface area contributed by atoms with E-state index in [1.807, 2.05) is 30.3 Å². The highest BCUT2D eigenvalue weighted by Crippen LogP contribution is 2.27. The van der Waals surface area contributed by atoms with Crippen LogP contribution in [-0.4, -0.2) is 56.1 Å². The van der Waals surface area contributed by atoms with Crippen LogP contribution in [0, 0.1) is 0 Å². The number of aromatic nitrogens is 4. The SMILES string of the molecule is O=C(COc1ccccc1)N1CCSCC1c1nn[nH]n1. The van der Waals surface area contributed by atoms with Crippen LogP contribution in [0.3, 0.4) is 0 Å². The molecule has 0 radical (unpaired) electrons. The Morgan fingerprint density at radius 2 is 2.29 bits per heavy atom. The summed E-state index contributed by atoms with van der Waals surface area (Å²) in [6.07, 6.45) is 0. The second kappa shape index (κ2) is 6.57. The molecule has 2 heterocycles. The van der Waals surface area contributed by atoms with E-state index in [0.717, 1.165) is 11.5 Å². The van der Waals surface area contributed by atoms with Gasteiger partial charge in [0.2, 0.25) is 0 Å². The van der Waals surface area contributed by atoms with E-state index >= 15 is 0 Å². The summed E-state index contributed by atoms with van der Waals surface area (Å²) in [6, 6.07) is 9.17. The second-order valence-corrected chi connectivity index (χ2v) is 5.70. The van der Waals surface area contributed by atoms with E-state index in [2.05, 4.69) is 20.6 Å². The van der Waals surface area contributed by atoms with E-state index in [-0.39, 0.29) is 18.6 Å². The molecule has 0 bridgehead atoms. The predicted molar refractivity (Wildman–Crippen MR) is 77.9 cm³/mol. The van der Waals surface area contributed by atoms with Gasteiger partial charge in [0.15, 0.2) is 12.4 Å². The minimum Gasteiger partial charge on any atom is -0.484 e. The van der Waals surface area contributed by atoms with Gasteiger partial charge in [-0.15, -0.1) is 10.2 Å². The fourth-order valence-electron chi connectivity index (χ4n) is 2.17. The van der Waals surface area contributed by atoms with Crippen LogP contribution in [0.1, 0.15) is 11.9 Å². The van der Waals surface area contributed by atoms with Crippen molar-refractivity contribution in [2.45, 2.75) is 6.04 Å². The number of ether oxygens (including phenoxy) is 1. The molecule has 8 heteroatoms. The number of tetrazole rings is 1. The standard InChI is InChI=1S/C13H15N5O2S/c19-12(8-20-10-4-2-1-3-5-10)18-6-7-21-9-11(18)13-14-16-17-15-13/h1-5,11H,6-9H2,(H,14,15,16,17). The van der Waals surface area contributed by atoms with Gasteiger partial charge in [0.25, 0.3) is 5.91 Å². The number of thioether (sulfide) groups is 1. The molecule has 2 aromatic rings. The lowest BCUT2D eigenvalue weighted by atomic mass is 10.2. The average Bonchev–Trinajstić information content (AvgIpc) is 3.08. The zero-order chi connectivity index (χ0) is 14.5. The third-order valence-corrected chi connectivity index (χ3v) is 4.24. The Labute approximate surface area is 126 Å².